The summed E-state index contributed by atoms with van der Waals surface area (Å²) < 4.78 is 7.44. The number of carbonyl (C=O) groups excluding carboxylic acids is 1. The smallest absolute Gasteiger partial charge is 0.251 e. The largest absolute Gasteiger partial charge is 0.368 e. The number of fused-ring (bicyclic) bond motifs is 4. The monoisotopic (exact) mass is 397 g/mol. The van der Waals surface area contributed by atoms with Crippen molar-refractivity contribution in [3.8, 4) is 0 Å². The highest BCUT2D eigenvalue weighted by atomic mass is 16.5. The van der Waals surface area contributed by atoms with Crippen molar-refractivity contribution in [3.63, 3.8) is 0 Å². The van der Waals surface area contributed by atoms with E-state index >= 15 is 0 Å². The van der Waals surface area contributed by atoms with Crippen LogP contribution in [0.3, 0.4) is 0 Å². The second-order valence-corrected chi connectivity index (χ2v) is 8.44. The molecule has 5 heterocycles. The molecule has 2 N–H and O–H groups in total. The number of nitrogens with zero attached hydrogens (tertiary/aromatic N) is 3. The Morgan fingerprint density at radius 2 is 2.24 bits per heavy atom. The molecular formula is C21H27N5O3. The predicted octanol–water partition coefficient (Wildman–Crippen LogP) is 1.03. The lowest BCUT2D eigenvalue weighted by Crippen LogP contribution is -2.52. The van der Waals surface area contributed by atoms with Crippen molar-refractivity contribution >= 4 is 5.91 Å². The van der Waals surface area contributed by atoms with E-state index < -0.39 is 0 Å². The highest BCUT2D eigenvalue weighted by Gasteiger charge is 2.40. The summed E-state index contributed by atoms with van der Waals surface area (Å²) in [6, 6.07) is 7.51. The zero-order valence-corrected chi connectivity index (χ0v) is 16.4. The molecule has 2 aromatic heterocycles. The van der Waals surface area contributed by atoms with Crippen LogP contribution in [0.4, 0.5) is 0 Å². The van der Waals surface area contributed by atoms with E-state index in [9.17, 15) is 9.59 Å². The molecule has 0 unspecified atom stereocenters. The maximum absolute atomic E-state index is 12.7. The number of amides is 1. The van der Waals surface area contributed by atoms with Gasteiger partial charge in [-0.05, 0) is 37.3 Å². The van der Waals surface area contributed by atoms with Crippen LogP contribution in [0.2, 0.25) is 0 Å². The molecule has 1 amide bonds. The minimum absolute atomic E-state index is 0.0237. The van der Waals surface area contributed by atoms with Gasteiger partial charge in [-0.3, -0.25) is 19.6 Å². The van der Waals surface area contributed by atoms with Gasteiger partial charge in [0.1, 0.15) is 6.10 Å². The number of H-pyrrole nitrogens is 1. The van der Waals surface area contributed by atoms with Gasteiger partial charge in [-0.25, -0.2) is 0 Å². The zero-order valence-electron chi connectivity index (χ0n) is 16.4. The van der Waals surface area contributed by atoms with Gasteiger partial charge < -0.3 is 14.6 Å². The van der Waals surface area contributed by atoms with E-state index in [0.717, 1.165) is 50.3 Å². The first kappa shape index (κ1) is 18.6. The fourth-order valence-corrected chi connectivity index (χ4v) is 5.24. The molecule has 5 rings (SSSR count). The van der Waals surface area contributed by atoms with Gasteiger partial charge in [-0.2, -0.15) is 5.10 Å². The number of hydrogen-bond donors (Lipinski definition) is 2. The number of ether oxygens (including phenoxy) is 1. The third-order valence-corrected chi connectivity index (χ3v) is 6.53. The molecule has 29 heavy (non-hydrogen) atoms. The molecule has 0 saturated carbocycles. The second kappa shape index (κ2) is 7.76. The van der Waals surface area contributed by atoms with Gasteiger partial charge in [0.2, 0.25) is 5.91 Å². The predicted molar refractivity (Wildman–Crippen MR) is 106 cm³/mol. The molecule has 0 aliphatic carbocycles. The van der Waals surface area contributed by atoms with E-state index in [-0.39, 0.29) is 23.6 Å². The fourth-order valence-electron chi connectivity index (χ4n) is 5.24. The Bertz CT molecular complexity index is 919. The Balaban J connectivity index is 1.38. The summed E-state index contributed by atoms with van der Waals surface area (Å²) in [7, 11) is 0. The number of rotatable bonds is 5. The van der Waals surface area contributed by atoms with Gasteiger partial charge in [0, 0.05) is 62.4 Å². The number of likely N-dealkylation sites (tertiary alicyclic amines) is 1. The molecule has 2 bridgehead atoms. The van der Waals surface area contributed by atoms with Crippen molar-refractivity contribution in [1.29, 1.82) is 0 Å². The van der Waals surface area contributed by atoms with Crippen molar-refractivity contribution in [3.05, 3.63) is 52.2 Å². The molecule has 0 spiro atoms. The van der Waals surface area contributed by atoms with Crippen LogP contribution in [-0.2, 0) is 16.1 Å². The van der Waals surface area contributed by atoms with Gasteiger partial charge in [-0.15, -0.1) is 0 Å². The van der Waals surface area contributed by atoms with Crippen LogP contribution in [0.15, 0.2) is 35.3 Å². The molecule has 4 atom stereocenters. The van der Waals surface area contributed by atoms with Crippen LogP contribution in [0.1, 0.15) is 42.6 Å². The average Bonchev–Trinajstić information content (AvgIpc) is 3.42. The van der Waals surface area contributed by atoms with Gasteiger partial charge in [0.15, 0.2) is 0 Å². The molecule has 3 aliphatic rings. The van der Waals surface area contributed by atoms with Gasteiger partial charge >= 0.3 is 0 Å². The van der Waals surface area contributed by atoms with Crippen LogP contribution >= 0.6 is 0 Å². The zero-order chi connectivity index (χ0) is 19.8. The first-order valence-electron chi connectivity index (χ1n) is 10.5. The number of aromatic amines is 1. The van der Waals surface area contributed by atoms with Crippen LogP contribution < -0.4 is 10.9 Å². The van der Waals surface area contributed by atoms with Crippen LogP contribution in [0, 0.1) is 5.92 Å². The summed E-state index contributed by atoms with van der Waals surface area (Å²) in [5.74, 6) is 0.588. The lowest BCUT2D eigenvalue weighted by atomic mass is 9.78. The lowest BCUT2D eigenvalue weighted by Gasteiger charge is -2.47. The fraction of sp³-hybridized carbons (Fsp3) is 0.571. The SMILES string of the molecule is O=C(NC[C@H]1[C@H]2C[C@H](CN(Cc3ccn[nH]3)C2)c2cccc(=O)n21)[C@@H]1CCCO1. The number of piperidine rings is 1. The first-order valence-corrected chi connectivity index (χ1v) is 10.5. The standard InChI is InChI=1S/C21H27N5O3/c27-20-5-1-3-17-14-9-15(12-25(11-14)13-16-6-7-23-24-16)18(26(17)20)10-22-21(28)19-4-2-8-29-19/h1,3,5-7,14-15,18-19H,2,4,8-13H2,(H,22,28)(H,23,24)/t14-,15+,18+,19+/m1/s1. The maximum atomic E-state index is 12.7. The Kier molecular flexibility index (Phi) is 4.97. The number of nitrogens with one attached hydrogen (secondary N) is 2. The summed E-state index contributed by atoms with van der Waals surface area (Å²) in [6.45, 7) is 3.76. The molecule has 0 aromatic carbocycles. The van der Waals surface area contributed by atoms with Crippen LogP contribution in [-0.4, -0.2) is 57.9 Å². The van der Waals surface area contributed by atoms with E-state index in [1.165, 1.54) is 0 Å². The van der Waals surface area contributed by atoms with Crippen LogP contribution in [0.25, 0.3) is 0 Å². The summed E-state index contributed by atoms with van der Waals surface area (Å²) in [6.07, 6.45) is 4.18. The van der Waals surface area contributed by atoms with Gasteiger partial charge in [0.25, 0.3) is 5.56 Å². The van der Waals surface area contributed by atoms with Crippen LogP contribution in [0.5, 0.6) is 0 Å². The van der Waals surface area contributed by atoms with Gasteiger partial charge in [0.05, 0.1) is 6.04 Å². The maximum Gasteiger partial charge on any atom is 0.251 e. The third-order valence-electron chi connectivity index (χ3n) is 6.53. The highest BCUT2D eigenvalue weighted by Crippen LogP contribution is 2.41. The minimum Gasteiger partial charge on any atom is -0.368 e. The summed E-state index contributed by atoms with van der Waals surface area (Å²) in [5, 5.41) is 10.2. The normalized spacial score (nSPS) is 28.8. The van der Waals surface area contributed by atoms with E-state index in [4.69, 9.17) is 4.74 Å². The molecule has 8 nitrogen and oxygen atoms in total. The number of aromatic nitrogens is 3. The molecule has 2 fully saturated rings. The average molecular weight is 397 g/mol. The van der Waals surface area contributed by atoms with E-state index in [0.29, 0.717) is 25.0 Å². The summed E-state index contributed by atoms with van der Waals surface area (Å²) >= 11 is 0. The molecular weight excluding hydrogens is 370 g/mol. The van der Waals surface area contributed by atoms with E-state index in [1.807, 2.05) is 16.7 Å². The molecule has 0 radical (unpaired) electrons. The Labute approximate surface area is 169 Å². The van der Waals surface area contributed by atoms with Gasteiger partial charge in [-0.1, -0.05) is 6.07 Å². The molecule has 3 aliphatic heterocycles. The third kappa shape index (κ3) is 3.62. The van der Waals surface area contributed by atoms with E-state index in [2.05, 4.69) is 26.5 Å². The topological polar surface area (TPSA) is 92.3 Å². The highest BCUT2D eigenvalue weighted by molar-refractivity contribution is 5.80. The molecule has 2 aromatic rings. The van der Waals surface area contributed by atoms with Crippen molar-refractivity contribution in [1.82, 2.24) is 25.0 Å². The first-order chi connectivity index (χ1) is 14.2. The molecule has 8 heteroatoms. The Morgan fingerprint density at radius 3 is 3.03 bits per heavy atom. The number of pyridine rings is 1. The quantitative estimate of drug-likeness (QED) is 0.786. The van der Waals surface area contributed by atoms with Crippen molar-refractivity contribution in [2.24, 2.45) is 5.92 Å². The van der Waals surface area contributed by atoms with Crippen molar-refractivity contribution in [2.75, 3.05) is 26.2 Å². The van der Waals surface area contributed by atoms with E-state index in [1.54, 1.807) is 12.3 Å². The summed E-state index contributed by atoms with van der Waals surface area (Å²) in [5.41, 5.74) is 2.20. The van der Waals surface area contributed by atoms with Crippen molar-refractivity contribution < 1.29 is 9.53 Å². The lowest BCUT2D eigenvalue weighted by molar-refractivity contribution is -0.130. The number of carbonyl (C=O) groups is 1. The second-order valence-electron chi connectivity index (χ2n) is 8.44. The Morgan fingerprint density at radius 1 is 1.31 bits per heavy atom. The molecule has 2 saturated heterocycles. The minimum atomic E-state index is -0.346. The molecule has 154 valence electrons. The number of hydrogen-bond acceptors (Lipinski definition) is 5. The summed E-state index contributed by atoms with van der Waals surface area (Å²) in [4.78, 5) is 27.7. The van der Waals surface area contributed by atoms with Crippen molar-refractivity contribution in [2.45, 2.75) is 43.9 Å². The Hall–Kier alpha value is -2.45.